The van der Waals surface area contributed by atoms with Crippen molar-refractivity contribution in [2.75, 3.05) is 32.0 Å². The standard InChI is InChI=1S/C33H29FN6O4/c1-19(30-26(20-6-5-9-23(34)17-20)29(41)24-10-2-3-11-25(24)44-30)40-32-27(31(35)36-18-37-32)28(38-40)21-7-4-8-22(16-21)33(42)39-12-14-43-15-13-39/h2-11,16,18-19,23H,12-15,17H2,1H3,(H2,35,36,37). The molecule has 222 valence electrons. The smallest absolute Gasteiger partial charge is 0.254 e. The summed E-state index contributed by atoms with van der Waals surface area (Å²) in [6.45, 7) is 3.88. The summed E-state index contributed by atoms with van der Waals surface area (Å²) >= 11 is 0. The van der Waals surface area contributed by atoms with E-state index in [0.29, 0.717) is 82.0 Å². The van der Waals surface area contributed by atoms with Crippen molar-refractivity contribution in [3.8, 4) is 11.3 Å². The number of nitrogens with zero attached hydrogens (tertiary/aromatic N) is 5. The van der Waals surface area contributed by atoms with Crippen LogP contribution in [0.15, 0.2) is 82.3 Å². The molecule has 0 spiro atoms. The van der Waals surface area contributed by atoms with Gasteiger partial charge >= 0.3 is 0 Å². The van der Waals surface area contributed by atoms with Crippen LogP contribution in [-0.2, 0) is 4.74 Å². The minimum Gasteiger partial charge on any atom is -0.458 e. The third-order valence-corrected chi connectivity index (χ3v) is 8.12. The molecule has 11 heteroatoms. The van der Waals surface area contributed by atoms with Crippen molar-refractivity contribution >= 4 is 39.3 Å². The van der Waals surface area contributed by atoms with Gasteiger partial charge in [0.1, 0.15) is 41.4 Å². The van der Waals surface area contributed by atoms with Crippen molar-refractivity contribution in [1.29, 1.82) is 0 Å². The van der Waals surface area contributed by atoms with Gasteiger partial charge in [0.25, 0.3) is 5.91 Å². The lowest BCUT2D eigenvalue weighted by molar-refractivity contribution is 0.0303. The van der Waals surface area contributed by atoms with E-state index in [2.05, 4.69) is 9.97 Å². The molecule has 2 atom stereocenters. The fourth-order valence-electron chi connectivity index (χ4n) is 5.91. The van der Waals surface area contributed by atoms with Gasteiger partial charge in [-0.25, -0.2) is 19.0 Å². The summed E-state index contributed by atoms with van der Waals surface area (Å²) in [5.74, 6) is 0.445. The molecule has 3 aromatic heterocycles. The van der Waals surface area contributed by atoms with E-state index in [1.54, 1.807) is 64.2 Å². The molecule has 1 saturated heterocycles. The number of morpholine rings is 1. The highest BCUT2D eigenvalue weighted by Crippen LogP contribution is 2.37. The molecule has 5 aromatic rings. The molecule has 0 saturated carbocycles. The molecule has 2 N–H and O–H groups in total. The predicted molar refractivity (Wildman–Crippen MR) is 165 cm³/mol. The summed E-state index contributed by atoms with van der Waals surface area (Å²) in [5, 5.41) is 5.85. The monoisotopic (exact) mass is 592 g/mol. The number of ether oxygens (including phenoxy) is 1. The molecular formula is C33H29FN6O4. The van der Waals surface area contributed by atoms with Gasteiger partial charge in [0.15, 0.2) is 5.65 Å². The zero-order valence-electron chi connectivity index (χ0n) is 23.9. The molecule has 2 aliphatic rings. The molecule has 1 fully saturated rings. The Morgan fingerprint density at radius 2 is 1.93 bits per heavy atom. The van der Waals surface area contributed by atoms with Crippen molar-refractivity contribution < 1.29 is 18.3 Å². The maximum Gasteiger partial charge on any atom is 0.254 e. The SMILES string of the molecule is CC(c1oc2ccccc2c(=O)c1C1=CC=CC(F)C1)n1nc(-c2cccc(C(=O)N3CCOCC3)c2)c2c(N)ncnc21. The molecule has 1 aliphatic carbocycles. The Hall–Kier alpha value is -5.16. The highest BCUT2D eigenvalue weighted by molar-refractivity contribution is 6.00. The van der Waals surface area contributed by atoms with E-state index >= 15 is 0 Å². The van der Waals surface area contributed by atoms with Crippen molar-refractivity contribution in [3.63, 3.8) is 0 Å². The Labute approximate surface area is 251 Å². The molecule has 4 heterocycles. The number of nitrogen functional groups attached to an aromatic ring is 1. The number of anilines is 1. The number of carbonyl (C=O) groups is 1. The fourth-order valence-corrected chi connectivity index (χ4v) is 5.91. The summed E-state index contributed by atoms with van der Waals surface area (Å²) in [6, 6.07) is 13.5. The zero-order chi connectivity index (χ0) is 30.4. The third-order valence-electron chi connectivity index (χ3n) is 8.12. The maximum absolute atomic E-state index is 14.5. The number of aromatic nitrogens is 4. The second-order valence-corrected chi connectivity index (χ2v) is 10.9. The van der Waals surface area contributed by atoms with Crippen molar-refractivity contribution in [2.45, 2.75) is 25.6 Å². The highest BCUT2D eigenvalue weighted by atomic mass is 19.1. The largest absolute Gasteiger partial charge is 0.458 e. The number of hydrogen-bond acceptors (Lipinski definition) is 8. The Morgan fingerprint density at radius 3 is 2.75 bits per heavy atom. The summed E-state index contributed by atoms with van der Waals surface area (Å²) in [7, 11) is 0. The number of fused-ring (bicyclic) bond motifs is 2. The van der Waals surface area contributed by atoms with Crippen LogP contribution in [0.4, 0.5) is 10.2 Å². The first-order valence-electron chi connectivity index (χ1n) is 14.4. The number of carbonyl (C=O) groups excluding carboxylic acids is 1. The number of alkyl halides is 1. The molecule has 10 nitrogen and oxygen atoms in total. The molecule has 0 bridgehead atoms. The number of nitrogens with two attached hydrogens (primary N) is 1. The molecule has 1 aliphatic heterocycles. The lowest BCUT2D eigenvalue weighted by atomic mass is 9.92. The van der Waals surface area contributed by atoms with Crippen molar-refractivity contribution in [1.82, 2.24) is 24.6 Å². The lowest BCUT2D eigenvalue weighted by Crippen LogP contribution is -2.40. The van der Waals surface area contributed by atoms with Crippen LogP contribution >= 0.6 is 0 Å². The van der Waals surface area contributed by atoms with E-state index in [0.717, 1.165) is 0 Å². The van der Waals surface area contributed by atoms with Gasteiger partial charge in [0.2, 0.25) is 5.43 Å². The van der Waals surface area contributed by atoms with Crippen LogP contribution < -0.4 is 11.2 Å². The van der Waals surface area contributed by atoms with Crippen LogP contribution in [0.5, 0.6) is 0 Å². The number of halogens is 1. The van der Waals surface area contributed by atoms with Gasteiger partial charge in [-0.1, -0.05) is 42.5 Å². The second-order valence-electron chi connectivity index (χ2n) is 10.9. The van der Waals surface area contributed by atoms with Crippen LogP contribution in [0.1, 0.15) is 41.1 Å². The first kappa shape index (κ1) is 27.7. The summed E-state index contributed by atoms with van der Waals surface area (Å²) in [6.07, 6.45) is 5.00. The van der Waals surface area contributed by atoms with E-state index in [-0.39, 0.29) is 23.6 Å². The van der Waals surface area contributed by atoms with Crippen LogP contribution in [0.25, 0.3) is 38.8 Å². The first-order chi connectivity index (χ1) is 21.4. The van der Waals surface area contributed by atoms with Gasteiger partial charge in [-0.2, -0.15) is 5.10 Å². The van der Waals surface area contributed by atoms with Gasteiger partial charge < -0.3 is 19.8 Å². The van der Waals surface area contributed by atoms with Crippen molar-refractivity contribution in [3.05, 3.63) is 100 Å². The predicted octanol–water partition coefficient (Wildman–Crippen LogP) is 4.95. The molecule has 44 heavy (non-hydrogen) atoms. The maximum atomic E-state index is 14.5. The lowest BCUT2D eigenvalue weighted by Gasteiger charge is -2.27. The summed E-state index contributed by atoms with van der Waals surface area (Å²) in [5.41, 5.74) is 9.47. The van der Waals surface area contributed by atoms with Crippen LogP contribution in [0.2, 0.25) is 0 Å². The molecule has 1 amide bonds. The number of amides is 1. The van der Waals surface area contributed by atoms with Crippen molar-refractivity contribution in [2.24, 2.45) is 0 Å². The fraction of sp³-hybridized carbons (Fsp3) is 0.242. The molecule has 7 rings (SSSR count). The Bertz CT molecular complexity index is 2040. The molecule has 0 radical (unpaired) electrons. The number of rotatable bonds is 5. The van der Waals surface area contributed by atoms with Crippen LogP contribution in [-0.4, -0.2) is 63.0 Å². The first-order valence-corrected chi connectivity index (χ1v) is 14.4. The van der Waals surface area contributed by atoms with Crippen LogP contribution in [0, 0.1) is 0 Å². The van der Waals surface area contributed by atoms with E-state index in [4.69, 9.17) is 20.0 Å². The van der Waals surface area contributed by atoms with E-state index in [1.807, 2.05) is 13.0 Å². The Morgan fingerprint density at radius 1 is 1.11 bits per heavy atom. The van der Waals surface area contributed by atoms with E-state index in [1.165, 1.54) is 12.4 Å². The third kappa shape index (κ3) is 4.75. The van der Waals surface area contributed by atoms with Gasteiger partial charge in [0, 0.05) is 30.6 Å². The summed E-state index contributed by atoms with van der Waals surface area (Å²) in [4.78, 5) is 37.7. The minimum atomic E-state index is -1.22. The van der Waals surface area contributed by atoms with E-state index < -0.39 is 12.2 Å². The average Bonchev–Trinajstić information content (AvgIpc) is 3.45. The Balaban J connectivity index is 1.39. The highest BCUT2D eigenvalue weighted by Gasteiger charge is 2.29. The summed E-state index contributed by atoms with van der Waals surface area (Å²) < 4.78 is 28.0. The zero-order valence-corrected chi connectivity index (χ0v) is 23.9. The number of hydrogen-bond donors (Lipinski definition) is 1. The van der Waals surface area contributed by atoms with Gasteiger partial charge in [-0.3, -0.25) is 9.59 Å². The number of benzene rings is 2. The number of allylic oxidation sites excluding steroid dienone is 4. The molecule has 2 unspecified atom stereocenters. The van der Waals surface area contributed by atoms with Gasteiger partial charge in [0.05, 0.1) is 29.5 Å². The average molecular weight is 593 g/mol. The topological polar surface area (TPSA) is 129 Å². The Kier molecular flexibility index (Phi) is 7.01. The molecular weight excluding hydrogens is 563 g/mol. The van der Waals surface area contributed by atoms with Crippen LogP contribution in [0.3, 0.4) is 0 Å². The van der Waals surface area contributed by atoms with E-state index in [9.17, 15) is 14.0 Å². The minimum absolute atomic E-state index is 0.0451. The quantitative estimate of drug-likeness (QED) is 0.304. The normalized spacial score (nSPS) is 17.6. The second kappa shape index (κ2) is 11.2. The number of para-hydroxylation sites is 1. The van der Waals surface area contributed by atoms with Gasteiger partial charge in [-0.15, -0.1) is 0 Å². The van der Waals surface area contributed by atoms with Gasteiger partial charge in [-0.05, 0) is 36.8 Å². The molecule has 2 aromatic carbocycles.